The first kappa shape index (κ1) is 24.8. The van der Waals surface area contributed by atoms with Crippen molar-refractivity contribution in [3.05, 3.63) is 41.5 Å². The van der Waals surface area contributed by atoms with Crippen molar-refractivity contribution < 1.29 is 14.4 Å². The Morgan fingerprint density at radius 3 is 2.84 bits per heavy atom. The standard InChI is InChI=1S/C27H42N2O3/c1-6-12-27(4,5)18-24-17-23(21-9-10-25-22(16-21)11-15-31-25)19-28(24)20-26(30)29(13-7-2)32-14-8-3/h6,9-10,12,16,23-24H,7-8,11,13-15,17-20H2,1-5H3/b12-6+/t23-,24-/m1/s1. The first-order valence-electron chi connectivity index (χ1n) is 12.4. The molecule has 2 aliphatic rings. The number of likely N-dealkylation sites (tertiary alicyclic amines) is 1. The predicted molar refractivity (Wildman–Crippen MR) is 130 cm³/mol. The fourth-order valence-electron chi connectivity index (χ4n) is 5.14. The number of fused-ring (bicyclic) bond motifs is 1. The topological polar surface area (TPSA) is 42.0 Å². The van der Waals surface area contributed by atoms with Gasteiger partial charge in [-0.25, -0.2) is 5.06 Å². The maximum Gasteiger partial charge on any atom is 0.260 e. The van der Waals surface area contributed by atoms with Crippen LogP contribution >= 0.6 is 0 Å². The molecular weight excluding hydrogens is 400 g/mol. The second-order valence-corrected chi connectivity index (χ2v) is 10.0. The van der Waals surface area contributed by atoms with E-state index in [4.69, 9.17) is 9.57 Å². The van der Waals surface area contributed by atoms with Crippen LogP contribution in [-0.4, -0.2) is 54.8 Å². The summed E-state index contributed by atoms with van der Waals surface area (Å²) < 4.78 is 5.70. The summed E-state index contributed by atoms with van der Waals surface area (Å²) in [6, 6.07) is 7.06. The van der Waals surface area contributed by atoms with E-state index in [0.717, 1.165) is 51.0 Å². The Balaban J connectivity index is 1.76. The van der Waals surface area contributed by atoms with Crippen LogP contribution in [0.15, 0.2) is 30.4 Å². The highest BCUT2D eigenvalue weighted by atomic mass is 16.7. The van der Waals surface area contributed by atoms with E-state index < -0.39 is 0 Å². The molecular formula is C27H42N2O3. The lowest BCUT2D eigenvalue weighted by Gasteiger charge is -2.32. The minimum Gasteiger partial charge on any atom is -0.493 e. The van der Waals surface area contributed by atoms with Gasteiger partial charge >= 0.3 is 0 Å². The number of carbonyl (C=O) groups is 1. The van der Waals surface area contributed by atoms with Crippen molar-refractivity contribution >= 4 is 5.91 Å². The van der Waals surface area contributed by atoms with Crippen molar-refractivity contribution in [1.29, 1.82) is 0 Å². The molecule has 0 unspecified atom stereocenters. The van der Waals surface area contributed by atoms with E-state index in [1.807, 2.05) is 0 Å². The number of carbonyl (C=O) groups excluding carboxylic acids is 1. The molecule has 2 atom stereocenters. The average Bonchev–Trinajstić information content (AvgIpc) is 3.37. The van der Waals surface area contributed by atoms with Crippen LogP contribution in [0.5, 0.6) is 5.75 Å². The summed E-state index contributed by atoms with van der Waals surface area (Å²) in [5.74, 6) is 1.56. The third-order valence-electron chi connectivity index (χ3n) is 6.59. The van der Waals surface area contributed by atoms with Crippen LogP contribution in [0.25, 0.3) is 0 Å². The molecule has 5 nitrogen and oxygen atoms in total. The second-order valence-electron chi connectivity index (χ2n) is 10.0. The van der Waals surface area contributed by atoms with Crippen LogP contribution in [0.2, 0.25) is 0 Å². The number of hydroxylamine groups is 2. The van der Waals surface area contributed by atoms with Crippen LogP contribution < -0.4 is 4.74 Å². The SMILES string of the molecule is C/C=C/C(C)(C)C[C@H]1C[C@@H](c2ccc3c(c2)CCO3)CN1CC(=O)N(CCC)OCCC. The summed E-state index contributed by atoms with van der Waals surface area (Å²) in [5.41, 5.74) is 2.80. The Morgan fingerprint density at radius 1 is 1.31 bits per heavy atom. The molecule has 1 aromatic carbocycles. The zero-order valence-electron chi connectivity index (χ0n) is 20.7. The summed E-state index contributed by atoms with van der Waals surface area (Å²) in [7, 11) is 0. The number of rotatable bonds is 11. The molecule has 1 fully saturated rings. The number of hydrogen-bond acceptors (Lipinski definition) is 4. The smallest absolute Gasteiger partial charge is 0.260 e. The maximum absolute atomic E-state index is 13.2. The molecule has 5 heteroatoms. The number of allylic oxidation sites excluding steroid dienone is 2. The molecule has 0 N–H and O–H groups in total. The van der Waals surface area contributed by atoms with Crippen LogP contribution in [0.1, 0.15) is 77.3 Å². The first-order valence-corrected chi connectivity index (χ1v) is 12.4. The number of benzene rings is 1. The molecule has 2 heterocycles. The van der Waals surface area contributed by atoms with E-state index in [2.05, 4.69) is 69.9 Å². The van der Waals surface area contributed by atoms with Gasteiger partial charge in [-0.2, -0.15) is 0 Å². The minimum absolute atomic E-state index is 0.0807. The monoisotopic (exact) mass is 442 g/mol. The lowest BCUT2D eigenvalue weighted by molar-refractivity contribution is -0.188. The van der Waals surface area contributed by atoms with Crippen molar-refractivity contribution in [1.82, 2.24) is 9.96 Å². The Kier molecular flexibility index (Phi) is 8.78. The molecule has 3 rings (SSSR count). The molecule has 1 saturated heterocycles. The molecule has 0 spiro atoms. The van der Waals surface area contributed by atoms with E-state index in [-0.39, 0.29) is 11.3 Å². The molecule has 2 aliphatic heterocycles. The summed E-state index contributed by atoms with van der Waals surface area (Å²) in [6.07, 6.45) is 9.35. The van der Waals surface area contributed by atoms with Gasteiger partial charge in [-0.05, 0) is 61.1 Å². The molecule has 1 aromatic rings. The Morgan fingerprint density at radius 2 is 2.12 bits per heavy atom. The van der Waals surface area contributed by atoms with Crippen LogP contribution in [0, 0.1) is 5.41 Å². The summed E-state index contributed by atoms with van der Waals surface area (Å²) in [4.78, 5) is 21.3. The van der Waals surface area contributed by atoms with Gasteiger partial charge in [0.2, 0.25) is 0 Å². The van der Waals surface area contributed by atoms with Gasteiger partial charge in [-0.3, -0.25) is 14.5 Å². The molecule has 0 aliphatic carbocycles. The van der Waals surface area contributed by atoms with Gasteiger partial charge in [0, 0.05) is 25.6 Å². The number of hydrogen-bond donors (Lipinski definition) is 0. The van der Waals surface area contributed by atoms with Crippen molar-refractivity contribution in [2.24, 2.45) is 5.41 Å². The van der Waals surface area contributed by atoms with Crippen molar-refractivity contribution in [3.8, 4) is 5.75 Å². The summed E-state index contributed by atoms with van der Waals surface area (Å²) in [5, 5.41) is 1.59. The number of nitrogens with zero attached hydrogens (tertiary/aromatic N) is 2. The fourth-order valence-corrected chi connectivity index (χ4v) is 5.14. The molecule has 0 saturated carbocycles. The normalized spacial score (nSPS) is 21.2. The molecule has 0 bridgehead atoms. The van der Waals surface area contributed by atoms with Crippen molar-refractivity contribution in [3.63, 3.8) is 0 Å². The predicted octanol–water partition coefficient (Wildman–Crippen LogP) is 5.35. The Hall–Kier alpha value is -1.85. The summed E-state index contributed by atoms with van der Waals surface area (Å²) >= 11 is 0. The molecule has 0 radical (unpaired) electrons. The first-order chi connectivity index (χ1) is 15.4. The lowest BCUT2D eigenvalue weighted by atomic mass is 9.83. The second kappa shape index (κ2) is 11.3. The van der Waals surface area contributed by atoms with Gasteiger partial charge in [-0.1, -0.05) is 52.0 Å². The Bertz CT molecular complexity index is 789. The van der Waals surface area contributed by atoms with E-state index in [1.54, 1.807) is 5.06 Å². The van der Waals surface area contributed by atoms with Gasteiger partial charge in [-0.15, -0.1) is 0 Å². The molecule has 178 valence electrons. The quantitative estimate of drug-likeness (QED) is 0.342. The Labute approximate surface area is 194 Å². The molecule has 32 heavy (non-hydrogen) atoms. The van der Waals surface area contributed by atoms with Gasteiger partial charge in [0.1, 0.15) is 5.75 Å². The third-order valence-corrected chi connectivity index (χ3v) is 6.59. The lowest BCUT2D eigenvalue weighted by Crippen LogP contribution is -2.43. The van der Waals surface area contributed by atoms with Crippen molar-refractivity contribution in [2.45, 2.75) is 78.7 Å². The number of ether oxygens (including phenoxy) is 1. The molecule has 0 aromatic heterocycles. The van der Waals surface area contributed by atoms with E-state index >= 15 is 0 Å². The van der Waals surface area contributed by atoms with Gasteiger partial charge in [0.25, 0.3) is 5.91 Å². The van der Waals surface area contributed by atoms with Crippen LogP contribution in [0.3, 0.4) is 0 Å². The van der Waals surface area contributed by atoms with Gasteiger partial charge < -0.3 is 4.74 Å². The highest BCUT2D eigenvalue weighted by Crippen LogP contribution is 2.39. The van der Waals surface area contributed by atoms with E-state index in [1.165, 1.54) is 11.1 Å². The van der Waals surface area contributed by atoms with Gasteiger partial charge in [0.05, 0.1) is 19.8 Å². The highest BCUT2D eigenvalue weighted by molar-refractivity contribution is 5.77. The summed E-state index contributed by atoms with van der Waals surface area (Å²) in [6.45, 7) is 14.2. The van der Waals surface area contributed by atoms with Gasteiger partial charge in [0.15, 0.2) is 0 Å². The number of amides is 1. The zero-order chi connectivity index (χ0) is 23.1. The highest BCUT2D eigenvalue weighted by Gasteiger charge is 2.37. The third kappa shape index (κ3) is 6.35. The average molecular weight is 443 g/mol. The van der Waals surface area contributed by atoms with E-state index in [9.17, 15) is 4.79 Å². The zero-order valence-corrected chi connectivity index (χ0v) is 20.7. The molecule has 1 amide bonds. The largest absolute Gasteiger partial charge is 0.493 e. The van der Waals surface area contributed by atoms with Crippen LogP contribution in [0.4, 0.5) is 0 Å². The minimum atomic E-state index is 0.0807. The fraction of sp³-hybridized carbons (Fsp3) is 0.667. The van der Waals surface area contributed by atoms with E-state index in [0.29, 0.717) is 31.7 Å². The van der Waals surface area contributed by atoms with Crippen LogP contribution in [-0.2, 0) is 16.1 Å². The maximum atomic E-state index is 13.2. The van der Waals surface area contributed by atoms with Crippen molar-refractivity contribution in [2.75, 3.05) is 32.8 Å².